The van der Waals surface area contributed by atoms with Gasteiger partial charge in [0, 0.05) is 6.42 Å². The van der Waals surface area contributed by atoms with E-state index < -0.39 is 36.0 Å². The molecule has 0 unspecified atom stereocenters. The highest BCUT2D eigenvalue weighted by Gasteiger charge is 2.51. The molecule has 1 aliphatic rings. The van der Waals surface area contributed by atoms with Crippen molar-refractivity contribution in [2.75, 3.05) is 0 Å². The molecule has 6 heteroatoms. The first kappa shape index (κ1) is 10.9. The summed E-state index contributed by atoms with van der Waals surface area (Å²) in [7, 11) is 0. The fraction of sp³-hybridized carbons (Fsp3) is 0.750. The van der Waals surface area contributed by atoms with Gasteiger partial charge in [-0.3, -0.25) is 9.59 Å². The Morgan fingerprint density at radius 1 is 1.07 bits per heavy atom. The summed E-state index contributed by atoms with van der Waals surface area (Å²) in [5.74, 6) is -2.92. The number of carboxylic acid groups (broad SMARTS) is 2. The minimum Gasteiger partial charge on any atom is -0.480 e. The van der Waals surface area contributed by atoms with Crippen LogP contribution in [0, 0.1) is 5.41 Å². The van der Waals surface area contributed by atoms with E-state index in [-0.39, 0.29) is 12.8 Å². The summed E-state index contributed by atoms with van der Waals surface area (Å²) in [5, 5.41) is 36.0. The average Bonchev–Trinajstić information content (AvgIpc) is 2.09. The Bertz CT molecular complexity index is 247. The van der Waals surface area contributed by atoms with Crippen LogP contribution >= 0.6 is 0 Å². The van der Waals surface area contributed by atoms with E-state index in [1.165, 1.54) is 0 Å². The van der Waals surface area contributed by atoms with E-state index in [9.17, 15) is 14.7 Å². The van der Waals surface area contributed by atoms with E-state index in [0.29, 0.717) is 0 Å². The van der Waals surface area contributed by atoms with Crippen LogP contribution in [0.25, 0.3) is 0 Å². The van der Waals surface area contributed by atoms with Crippen molar-refractivity contribution < 1.29 is 30.0 Å². The van der Waals surface area contributed by atoms with Crippen LogP contribution in [-0.2, 0) is 9.59 Å². The lowest BCUT2D eigenvalue weighted by molar-refractivity contribution is -0.174. The summed E-state index contributed by atoms with van der Waals surface area (Å²) >= 11 is 0. The number of aliphatic hydroxyl groups is 2. The van der Waals surface area contributed by atoms with Crippen molar-refractivity contribution in [2.45, 2.75) is 31.5 Å². The van der Waals surface area contributed by atoms with Crippen LogP contribution in [0.2, 0.25) is 0 Å². The molecule has 14 heavy (non-hydrogen) atoms. The lowest BCUT2D eigenvalue weighted by atomic mass is 9.72. The van der Waals surface area contributed by atoms with Gasteiger partial charge in [-0.2, -0.15) is 0 Å². The van der Waals surface area contributed by atoms with Gasteiger partial charge in [-0.15, -0.1) is 0 Å². The fourth-order valence-corrected chi connectivity index (χ4v) is 1.66. The van der Waals surface area contributed by atoms with Crippen LogP contribution < -0.4 is 0 Å². The number of aliphatic carboxylic acids is 2. The van der Waals surface area contributed by atoms with Crippen molar-refractivity contribution >= 4 is 11.9 Å². The van der Waals surface area contributed by atoms with Crippen molar-refractivity contribution in [1.29, 1.82) is 0 Å². The highest BCUT2D eigenvalue weighted by molar-refractivity contribution is 5.98. The molecule has 1 aliphatic carbocycles. The van der Waals surface area contributed by atoms with Gasteiger partial charge >= 0.3 is 11.9 Å². The van der Waals surface area contributed by atoms with Crippen molar-refractivity contribution in [3.8, 4) is 0 Å². The van der Waals surface area contributed by atoms with Crippen LogP contribution in [0.4, 0.5) is 0 Å². The first-order chi connectivity index (χ1) is 6.40. The minimum absolute atomic E-state index is 0.0141. The van der Waals surface area contributed by atoms with Crippen molar-refractivity contribution in [3.63, 3.8) is 0 Å². The molecule has 0 aromatic heterocycles. The molecule has 4 N–H and O–H groups in total. The molecule has 1 saturated carbocycles. The molecule has 0 spiro atoms. The van der Waals surface area contributed by atoms with Crippen LogP contribution in [0.15, 0.2) is 0 Å². The lowest BCUT2D eigenvalue weighted by Gasteiger charge is -2.34. The molecule has 1 fully saturated rings. The molecule has 0 amide bonds. The Labute approximate surface area is 79.8 Å². The molecule has 2 atom stereocenters. The Balaban J connectivity index is 2.91. The second kappa shape index (κ2) is 3.55. The Kier molecular flexibility index (Phi) is 2.77. The summed E-state index contributed by atoms with van der Waals surface area (Å²) in [4.78, 5) is 21.6. The van der Waals surface area contributed by atoms with Crippen molar-refractivity contribution in [2.24, 2.45) is 5.41 Å². The van der Waals surface area contributed by atoms with Gasteiger partial charge in [0.2, 0.25) is 0 Å². The smallest absolute Gasteiger partial charge is 0.321 e. The van der Waals surface area contributed by atoms with Crippen molar-refractivity contribution in [3.05, 3.63) is 0 Å². The van der Waals surface area contributed by atoms with E-state index in [0.717, 1.165) is 0 Å². The number of aliphatic hydroxyl groups excluding tert-OH is 2. The summed E-state index contributed by atoms with van der Waals surface area (Å²) in [5.41, 5.74) is -1.95. The number of carboxylic acids is 2. The van der Waals surface area contributed by atoms with Gasteiger partial charge in [0.05, 0.1) is 12.2 Å². The molecule has 0 aromatic rings. The monoisotopic (exact) mass is 204 g/mol. The van der Waals surface area contributed by atoms with Gasteiger partial charge in [-0.25, -0.2) is 0 Å². The zero-order valence-corrected chi connectivity index (χ0v) is 7.38. The predicted molar refractivity (Wildman–Crippen MR) is 43.6 cm³/mol. The zero-order chi connectivity index (χ0) is 10.9. The minimum atomic E-state index is -1.95. The van der Waals surface area contributed by atoms with Gasteiger partial charge in [0.1, 0.15) is 0 Å². The summed E-state index contributed by atoms with van der Waals surface area (Å²) < 4.78 is 0. The van der Waals surface area contributed by atoms with Crippen LogP contribution in [0.5, 0.6) is 0 Å². The zero-order valence-electron chi connectivity index (χ0n) is 7.38. The molecule has 0 heterocycles. The quantitative estimate of drug-likeness (QED) is 0.431. The maximum absolute atomic E-state index is 10.8. The molecule has 80 valence electrons. The molecule has 1 rings (SSSR count). The number of hydrogen-bond acceptors (Lipinski definition) is 4. The molecule has 0 aromatic carbocycles. The maximum atomic E-state index is 10.8. The average molecular weight is 204 g/mol. The third kappa shape index (κ3) is 1.58. The predicted octanol–water partition coefficient (Wildman–Crippen LogP) is -0.952. The van der Waals surface area contributed by atoms with Crippen LogP contribution in [0.1, 0.15) is 19.3 Å². The van der Waals surface area contributed by atoms with E-state index >= 15 is 0 Å². The standard InChI is InChI=1S/C8H12O6/c9-4-1-2-8(6(11)12,7(13)14)3-5(4)10/h4-5,9-10H,1-3H2,(H,11,12)(H,13,14)/t4-,5+/m1/s1. The first-order valence-electron chi connectivity index (χ1n) is 4.23. The topological polar surface area (TPSA) is 115 Å². The number of carbonyl (C=O) groups is 2. The molecule has 0 bridgehead atoms. The molecular weight excluding hydrogens is 192 g/mol. The highest BCUT2D eigenvalue weighted by Crippen LogP contribution is 2.37. The molecule has 6 nitrogen and oxygen atoms in total. The summed E-state index contributed by atoms with van der Waals surface area (Å²) in [6, 6.07) is 0. The van der Waals surface area contributed by atoms with Crippen molar-refractivity contribution in [1.82, 2.24) is 0 Å². The second-order valence-corrected chi connectivity index (χ2v) is 3.57. The summed E-state index contributed by atoms with van der Waals surface area (Å²) in [6.45, 7) is 0. The van der Waals surface area contributed by atoms with E-state index in [1.807, 2.05) is 0 Å². The van der Waals surface area contributed by atoms with E-state index in [4.69, 9.17) is 15.3 Å². The highest BCUT2D eigenvalue weighted by atomic mass is 16.4. The Hall–Kier alpha value is -1.14. The summed E-state index contributed by atoms with van der Waals surface area (Å²) in [6.07, 6.45) is -2.92. The maximum Gasteiger partial charge on any atom is 0.321 e. The third-order valence-corrected chi connectivity index (χ3v) is 2.69. The van der Waals surface area contributed by atoms with Crippen LogP contribution in [0.3, 0.4) is 0 Å². The second-order valence-electron chi connectivity index (χ2n) is 3.57. The molecule has 0 radical (unpaired) electrons. The van der Waals surface area contributed by atoms with Gasteiger partial charge in [-0.05, 0) is 12.8 Å². The van der Waals surface area contributed by atoms with E-state index in [1.54, 1.807) is 0 Å². The van der Waals surface area contributed by atoms with Gasteiger partial charge < -0.3 is 20.4 Å². The number of hydrogen-bond donors (Lipinski definition) is 4. The van der Waals surface area contributed by atoms with E-state index in [2.05, 4.69) is 0 Å². The fourth-order valence-electron chi connectivity index (χ4n) is 1.66. The lowest BCUT2D eigenvalue weighted by Crippen LogP contribution is -2.49. The third-order valence-electron chi connectivity index (χ3n) is 2.69. The van der Waals surface area contributed by atoms with Gasteiger partial charge in [0.25, 0.3) is 0 Å². The SMILES string of the molecule is O=C(O)C1(C(=O)O)CC[C@@H](O)[C@@H](O)C1. The normalized spacial score (nSPS) is 31.0. The molecular formula is C8H12O6. The van der Waals surface area contributed by atoms with Gasteiger partial charge in [0.15, 0.2) is 5.41 Å². The molecule has 0 saturated heterocycles. The van der Waals surface area contributed by atoms with Gasteiger partial charge in [-0.1, -0.05) is 0 Å². The first-order valence-corrected chi connectivity index (χ1v) is 4.23. The van der Waals surface area contributed by atoms with Crippen LogP contribution in [-0.4, -0.2) is 44.6 Å². The Morgan fingerprint density at radius 2 is 1.57 bits per heavy atom. The molecule has 0 aliphatic heterocycles. The Morgan fingerprint density at radius 3 is 1.93 bits per heavy atom. The number of rotatable bonds is 2. The largest absolute Gasteiger partial charge is 0.480 e.